The van der Waals surface area contributed by atoms with E-state index in [0.717, 1.165) is 10.0 Å². The first-order valence-corrected chi connectivity index (χ1v) is 6.90. The molecule has 0 aliphatic carbocycles. The lowest BCUT2D eigenvalue weighted by Gasteiger charge is -2.13. The molecule has 0 atom stereocenters. The van der Waals surface area contributed by atoms with Gasteiger partial charge < -0.3 is 15.7 Å². The highest BCUT2D eigenvalue weighted by molar-refractivity contribution is 9.10. The van der Waals surface area contributed by atoms with Gasteiger partial charge in [-0.15, -0.1) is 0 Å². The van der Waals surface area contributed by atoms with E-state index in [-0.39, 0.29) is 5.84 Å². The van der Waals surface area contributed by atoms with Crippen molar-refractivity contribution in [1.82, 2.24) is 0 Å². The lowest BCUT2D eigenvalue weighted by molar-refractivity contribution is 0.318. The second kappa shape index (κ2) is 6.15. The molecule has 4 nitrogen and oxygen atoms in total. The molecule has 20 heavy (non-hydrogen) atoms. The first kappa shape index (κ1) is 14.7. The van der Waals surface area contributed by atoms with E-state index in [1.807, 2.05) is 19.1 Å². The van der Waals surface area contributed by atoms with Gasteiger partial charge in [0.2, 0.25) is 0 Å². The van der Waals surface area contributed by atoms with Gasteiger partial charge >= 0.3 is 0 Å². The highest BCUT2D eigenvalue weighted by Crippen LogP contribution is 2.31. The van der Waals surface area contributed by atoms with Crippen LogP contribution in [0.15, 0.2) is 46.0 Å². The summed E-state index contributed by atoms with van der Waals surface area (Å²) in [5.74, 6) is 1.07. The smallest absolute Gasteiger partial charge is 0.173 e. The highest BCUT2D eigenvalue weighted by Gasteiger charge is 2.11. The van der Waals surface area contributed by atoms with E-state index in [2.05, 4.69) is 21.1 Å². The van der Waals surface area contributed by atoms with Crippen molar-refractivity contribution in [2.75, 3.05) is 0 Å². The zero-order valence-electron chi connectivity index (χ0n) is 10.6. The Kier molecular flexibility index (Phi) is 4.52. The molecule has 0 fully saturated rings. The zero-order chi connectivity index (χ0) is 14.7. The number of hydrogen-bond acceptors (Lipinski definition) is 3. The van der Waals surface area contributed by atoms with Gasteiger partial charge in [-0.3, -0.25) is 0 Å². The second-order valence-corrected chi connectivity index (χ2v) is 5.49. The minimum Gasteiger partial charge on any atom is -0.456 e. The van der Waals surface area contributed by atoms with Crippen LogP contribution in [0.25, 0.3) is 0 Å². The predicted octanol–water partition coefficient (Wildman–Crippen LogP) is 4.30. The van der Waals surface area contributed by atoms with E-state index >= 15 is 0 Å². The average Bonchev–Trinajstić information content (AvgIpc) is 2.43. The van der Waals surface area contributed by atoms with Crippen LogP contribution in [-0.2, 0) is 0 Å². The van der Waals surface area contributed by atoms with Crippen LogP contribution >= 0.6 is 27.5 Å². The van der Waals surface area contributed by atoms with E-state index in [4.69, 9.17) is 27.3 Å². The van der Waals surface area contributed by atoms with Crippen molar-refractivity contribution in [3.63, 3.8) is 0 Å². The molecule has 0 bridgehead atoms. The van der Waals surface area contributed by atoms with Crippen molar-refractivity contribution in [2.24, 2.45) is 10.9 Å². The molecule has 2 aromatic carbocycles. The number of aryl methyl sites for hydroxylation is 1. The molecule has 2 rings (SSSR count). The fourth-order valence-corrected chi connectivity index (χ4v) is 2.17. The molecule has 0 saturated heterocycles. The summed E-state index contributed by atoms with van der Waals surface area (Å²) in [6.07, 6.45) is 0. The maximum absolute atomic E-state index is 8.84. The molecule has 6 heteroatoms. The predicted molar refractivity (Wildman–Crippen MR) is 82.9 cm³/mol. The third-order valence-corrected chi connectivity index (χ3v) is 3.42. The van der Waals surface area contributed by atoms with Crippen molar-refractivity contribution in [3.8, 4) is 11.5 Å². The molecule has 0 heterocycles. The molecular formula is C14H12BrClN2O2. The Morgan fingerprint density at radius 1 is 1.25 bits per heavy atom. The van der Waals surface area contributed by atoms with Gasteiger partial charge in [-0.05, 0) is 42.8 Å². The SMILES string of the molecule is Cc1ccc(Cl)cc1Oc1ccc(Br)cc1/C(N)=N/O. The Morgan fingerprint density at radius 2 is 2.00 bits per heavy atom. The largest absolute Gasteiger partial charge is 0.456 e. The molecule has 0 saturated carbocycles. The number of halogens is 2. The fraction of sp³-hybridized carbons (Fsp3) is 0.0714. The van der Waals surface area contributed by atoms with Crippen LogP contribution in [0.3, 0.4) is 0 Å². The monoisotopic (exact) mass is 354 g/mol. The standard InChI is InChI=1S/C14H12BrClN2O2/c1-8-2-4-10(16)7-13(8)20-12-5-3-9(15)6-11(12)14(17)18-19/h2-7,19H,1H3,(H2,17,18). The third kappa shape index (κ3) is 3.23. The van der Waals surface area contributed by atoms with Crippen LogP contribution in [-0.4, -0.2) is 11.0 Å². The first-order chi connectivity index (χ1) is 9.51. The number of nitrogens with zero attached hydrogens (tertiary/aromatic N) is 1. The van der Waals surface area contributed by atoms with Crippen LogP contribution in [0.4, 0.5) is 0 Å². The van der Waals surface area contributed by atoms with Crippen LogP contribution in [0.5, 0.6) is 11.5 Å². The summed E-state index contributed by atoms with van der Waals surface area (Å²) in [6, 6.07) is 10.6. The van der Waals surface area contributed by atoms with Crippen molar-refractivity contribution < 1.29 is 9.94 Å². The van der Waals surface area contributed by atoms with Gasteiger partial charge in [0.1, 0.15) is 11.5 Å². The van der Waals surface area contributed by atoms with Crippen LogP contribution < -0.4 is 10.5 Å². The van der Waals surface area contributed by atoms with Crippen molar-refractivity contribution in [2.45, 2.75) is 6.92 Å². The van der Waals surface area contributed by atoms with E-state index in [0.29, 0.717) is 22.1 Å². The van der Waals surface area contributed by atoms with Gasteiger partial charge in [0.05, 0.1) is 5.56 Å². The van der Waals surface area contributed by atoms with Crippen molar-refractivity contribution in [1.29, 1.82) is 0 Å². The van der Waals surface area contributed by atoms with Crippen molar-refractivity contribution >= 4 is 33.4 Å². The maximum atomic E-state index is 8.84. The zero-order valence-corrected chi connectivity index (χ0v) is 12.9. The first-order valence-electron chi connectivity index (χ1n) is 5.72. The summed E-state index contributed by atoms with van der Waals surface area (Å²) < 4.78 is 6.62. The molecule has 0 amide bonds. The number of hydrogen-bond donors (Lipinski definition) is 2. The van der Waals surface area contributed by atoms with E-state index < -0.39 is 0 Å². The minimum absolute atomic E-state index is 0.0269. The maximum Gasteiger partial charge on any atom is 0.173 e. The topological polar surface area (TPSA) is 67.8 Å². The van der Waals surface area contributed by atoms with Crippen LogP contribution in [0.2, 0.25) is 5.02 Å². The van der Waals surface area contributed by atoms with Gasteiger partial charge in [-0.1, -0.05) is 38.8 Å². The molecule has 0 radical (unpaired) electrons. The number of nitrogens with two attached hydrogens (primary N) is 1. The van der Waals surface area contributed by atoms with Gasteiger partial charge in [0.15, 0.2) is 5.84 Å². The lowest BCUT2D eigenvalue weighted by atomic mass is 10.1. The molecule has 104 valence electrons. The van der Waals surface area contributed by atoms with Gasteiger partial charge in [-0.25, -0.2) is 0 Å². The molecule has 0 unspecified atom stereocenters. The Bertz CT molecular complexity index is 674. The second-order valence-electron chi connectivity index (χ2n) is 4.14. The van der Waals surface area contributed by atoms with Crippen LogP contribution in [0.1, 0.15) is 11.1 Å². The quantitative estimate of drug-likeness (QED) is 0.373. The molecule has 0 aliphatic rings. The molecule has 2 aromatic rings. The number of ether oxygens (including phenoxy) is 1. The van der Waals surface area contributed by atoms with Crippen LogP contribution in [0, 0.1) is 6.92 Å². The summed E-state index contributed by atoms with van der Waals surface area (Å²) in [5.41, 5.74) is 7.08. The minimum atomic E-state index is -0.0269. The molecule has 0 aliphatic heterocycles. The van der Waals surface area contributed by atoms with E-state index in [1.54, 1.807) is 24.3 Å². The van der Waals surface area contributed by atoms with Crippen molar-refractivity contribution in [3.05, 3.63) is 57.0 Å². The lowest BCUT2D eigenvalue weighted by Crippen LogP contribution is -2.14. The number of rotatable bonds is 3. The highest BCUT2D eigenvalue weighted by atomic mass is 79.9. The summed E-state index contributed by atoms with van der Waals surface area (Å²) in [4.78, 5) is 0. The van der Waals surface area contributed by atoms with Gasteiger partial charge in [0, 0.05) is 9.50 Å². The van der Waals surface area contributed by atoms with E-state index in [9.17, 15) is 0 Å². The molecular weight excluding hydrogens is 344 g/mol. The molecule has 0 aromatic heterocycles. The molecule has 0 spiro atoms. The summed E-state index contributed by atoms with van der Waals surface area (Å²) in [5, 5.41) is 12.4. The van der Waals surface area contributed by atoms with Gasteiger partial charge in [-0.2, -0.15) is 0 Å². The third-order valence-electron chi connectivity index (χ3n) is 2.70. The van der Waals surface area contributed by atoms with Gasteiger partial charge in [0.25, 0.3) is 0 Å². The van der Waals surface area contributed by atoms with E-state index in [1.165, 1.54) is 0 Å². The number of amidine groups is 1. The number of oxime groups is 1. The Morgan fingerprint density at radius 3 is 2.70 bits per heavy atom. The summed E-state index contributed by atoms with van der Waals surface area (Å²) in [7, 11) is 0. The number of benzene rings is 2. The summed E-state index contributed by atoms with van der Waals surface area (Å²) >= 11 is 9.30. The Balaban J connectivity index is 2.46. The Labute approximate surface area is 129 Å². The Hall–Kier alpha value is -1.72. The summed E-state index contributed by atoms with van der Waals surface area (Å²) in [6.45, 7) is 1.91. The molecule has 3 N–H and O–H groups in total. The normalized spacial score (nSPS) is 11.4. The average molecular weight is 356 g/mol. The fourth-order valence-electron chi connectivity index (χ4n) is 1.65.